The molecule has 2 aromatic rings. The molecule has 6 heteroatoms. The quantitative estimate of drug-likeness (QED) is 0.648. The van der Waals surface area contributed by atoms with Crippen LogP contribution in [0.15, 0.2) is 34.8 Å². The summed E-state index contributed by atoms with van der Waals surface area (Å²) in [5, 5.41) is 9.90. The smallest absolute Gasteiger partial charge is 0.159 e. The number of aliphatic hydroxyl groups excluding tert-OH is 1. The first kappa shape index (κ1) is 15.0. The summed E-state index contributed by atoms with van der Waals surface area (Å²) >= 11 is 2.89. The van der Waals surface area contributed by atoms with E-state index in [-0.39, 0.29) is 16.5 Å². The predicted octanol–water partition coefficient (Wildman–Crippen LogP) is 4.28. The summed E-state index contributed by atoms with van der Waals surface area (Å²) in [5.74, 6) is -3.92. The van der Waals surface area contributed by atoms with E-state index in [0.717, 1.165) is 18.2 Å². The summed E-state index contributed by atoms with van der Waals surface area (Å²) in [7, 11) is 0. The molecular formula is C14H9BrF4O. The van der Waals surface area contributed by atoms with Crippen LogP contribution in [0.4, 0.5) is 17.6 Å². The van der Waals surface area contributed by atoms with E-state index in [0.29, 0.717) is 0 Å². The van der Waals surface area contributed by atoms with Crippen molar-refractivity contribution < 1.29 is 22.7 Å². The molecule has 0 aliphatic rings. The Kier molecular flexibility index (Phi) is 4.45. The number of rotatable bonds is 3. The van der Waals surface area contributed by atoms with Gasteiger partial charge in [0.1, 0.15) is 11.6 Å². The fourth-order valence-corrected chi connectivity index (χ4v) is 2.19. The zero-order valence-corrected chi connectivity index (χ0v) is 11.6. The lowest BCUT2D eigenvalue weighted by Crippen LogP contribution is -2.08. The zero-order chi connectivity index (χ0) is 14.9. The monoisotopic (exact) mass is 348 g/mol. The predicted molar refractivity (Wildman–Crippen MR) is 69.1 cm³/mol. The molecule has 0 spiro atoms. The van der Waals surface area contributed by atoms with E-state index in [9.17, 15) is 22.7 Å². The third-order valence-corrected chi connectivity index (χ3v) is 3.44. The lowest BCUT2D eigenvalue weighted by molar-refractivity contribution is 0.168. The molecular weight excluding hydrogens is 340 g/mol. The van der Waals surface area contributed by atoms with E-state index in [4.69, 9.17) is 0 Å². The fourth-order valence-electron chi connectivity index (χ4n) is 1.84. The summed E-state index contributed by atoms with van der Waals surface area (Å²) in [6, 6.07) is 5.21. The van der Waals surface area contributed by atoms with Gasteiger partial charge in [-0.05, 0) is 45.8 Å². The highest BCUT2D eigenvalue weighted by Crippen LogP contribution is 2.29. The third kappa shape index (κ3) is 3.02. The molecule has 106 valence electrons. The minimum Gasteiger partial charge on any atom is -0.388 e. The Hall–Kier alpha value is -1.40. The Balaban J connectivity index is 2.30. The number of aliphatic hydroxyl groups is 1. The van der Waals surface area contributed by atoms with Gasteiger partial charge in [0.15, 0.2) is 11.6 Å². The highest BCUT2D eigenvalue weighted by molar-refractivity contribution is 9.10. The van der Waals surface area contributed by atoms with E-state index < -0.39 is 34.9 Å². The van der Waals surface area contributed by atoms with E-state index in [1.807, 2.05) is 0 Å². The summed E-state index contributed by atoms with van der Waals surface area (Å²) in [4.78, 5) is 0. The van der Waals surface area contributed by atoms with Gasteiger partial charge in [0.2, 0.25) is 0 Å². The number of hydrogen-bond donors (Lipinski definition) is 1. The fraction of sp³-hybridized carbons (Fsp3) is 0.143. The molecule has 1 atom stereocenters. The first-order valence-corrected chi connectivity index (χ1v) is 6.45. The molecule has 0 bridgehead atoms. The number of halogens is 5. The van der Waals surface area contributed by atoms with Gasteiger partial charge in [-0.2, -0.15) is 0 Å². The number of benzene rings is 2. The van der Waals surface area contributed by atoms with Crippen LogP contribution in [-0.2, 0) is 6.42 Å². The summed E-state index contributed by atoms with van der Waals surface area (Å²) in [6.07, 6.45) is -1.74. The van der Waals surface area contributed by atoms with Crippen molar-refractivity contribution in [2.45, 2.75) is 12.5 Å². The van der Waals surface area contributed by atoms with Crippen LogP contribution in [-0.4, -0.2) is 5.11 Å². The summed E-state index contributed by atoms with van der Waals surface area (Å²) in [5.41, 5.74) is -0.278. The molecule has 0 aromatic heterocycles. The van der Waals surface area contributed by atoms with Crippen molar-refractivity contribution >= 4 is 15.9 Å². The van der Waals surface area contributed by atoms with Gasteiger partial charge in [-0.1, -0.05) is 6.07 Å². The molecule has 0 heterocycles. The molecule has 2 rings (SSSR count). The standard InChI is InChI=1S/C14H9BrF4O/c15-8-2-4-10(17)13(14(8)19)12(20)6-7-1-3-9(16)11(18)5-7/h1-5,12,20H,6H2. The van der Waals surface area contributed by atoms with Crippen molar-refractivity contribution in [3.63, 3.8) is 0 Å². The van der Waals surface area contributed by atoms with Gasteiger partial charge in [-0.25, -0.2) is 17.6 Å². The van der Waals surface area contributed by atoms with Crippen LogP contribution in [0, 0.1) is 23.3 Å². The van der Waals surface area contributed by atoms with Gasteiger partial charge in [0.25, 0.3) is 0 Å². The van der Waals surface area contributed by atoms with Crippen LogP contribution in [0.1, 0.15) is 17.2 Å². The third-order valence-electron chi connectivity index (χ3n) is 2.83. The molecule has 0 saturated heterocycles. The van der Waals surface area contributed by atoms with Gasteiger partial charge in [0.05, 0.1) is 16.1 Å². The molecule has 0 saturated carbocycles. The van der Waals surface area contributed by atoms with Crippen LogP contribution >= 0.6 is 15.9 Å². The Morgan fingerprint density at radius 3 is 2.25 bits per heavy atom. The van der Waals surface area contributed by atoms with Crippen LogP contribution in [0.5, 0.6) is 0 Å². The molecule has 1 N–H and O–H groups in total. The molecule has 0 aliphatic heterocycles. The highest BCUT2D eigenvalue weighted by Gasteiger charge is 2.20. The maximum atomic E-state index is 13.8. The SMILES string of the molecule is OC(Cc1ccc(F)c(F)c1)c1c(F)ccc(Br)c1F. The second kappa shape index (κ2) is 5.93. The van der Waals surface area contributed by atoms with Crippen molar-refractivity contribution in [2.24, 2.45) is 0 Å². The van der Waals surface area contributed by atoms with Crippen molar-refractivity contribution in [1.29, 1.82) is 0 Å². The molecule has 0 radical (unpaired) electrons. The minimum atomic E-state index is -1.50. The molecule has 0 amide bonds. The van der Waals surface area contributed by atoms with Crippen LogP contribution < -0.4 is 0 Å². The molecule has 1 nitrogen and oxygen atoms in total. The Labute approximate surface area is 121 Å². The first-order valence-electron chi connectivity index (χ1n) is 5.65. The molecule has 2 aromatic carbocycles. The second-order valence-electron chi connectivity index (χ2n) is 4.23. The lowest BCUT2D eigenvalue weighted by Gasteiger charge is -2.14. The number of hydrogen-bond acceptors (Lipinski definition) is 1. The average Bonchev–Trinajstić information content (AvgIpc) is 2.39. The zero-order valence-electron chi connectivity index (χ0n) is 10.0. The molecule has 1 unspecified atom stereocenters. The first-order chi connectivity index (χ1) is 9.40. The topological polar surface area (TPSA) is 20.2 Å². The largest absolute Gasteiger partial charge is 0.388 e. The van der Waals surface area contributed by atoms with E-state index in [1.54, 1.807) is 0 Å². The maximum absolute atomic E-state index is 13.8. The van der Waals surface area contributed by atoms with Gasteiger partial charge < -0.3 is 5.11 Å². The molecule has 0 fully saturated rings. The summed E-state index contributed by atoms with van der Waals surface area (Å²) < 4.78 is 53.2. The Morgan fingerprint density at radius 1 is 0.950 bits per heavy atom. The van der Waals surface area contributed by atoms with Gasteiger partial charge in [-0.15, -0.1) is 0 Å². The molecule has 0 aliphatic carbocycles. The maximum Gasteiger partial charge on any atom is 0.159 e. The second-order valence-corrected chi connectivity index (χ2v) is 5.08. The molecule has 20 heavy (non-hydrogen) atoms. The Morgan fingerprint density at radius 2 is 1.60 bits per heavy atom. The van der Waals surface area contributed by atoms with Crippen molar-refractivity contribution in [1.82, 2.24) is 0 Å². The van der Waals surface area contributed by atoms with Crippen molar-refractivity contribution in [3.8, 4) is 0 Å². The highest BCUT2D eigenvalue weighted by atomic mass is 79.9. The van der Waals surface area contributed by atoms with Crippen LogP contribution in [0.3, 0.4) is 0 Å². The summed E-state index contributed by atoms with van der Waals surface area (Å²) in [6.45, 7) is 0. The van der Waals surface area contributed by atoms with E-state index in [2.05, 4.69) is 15.9 Å². The average molecular weight is 349 g/mol. The minimum absolute atomic E-state index is 0.0123. The Bertz CT molecular complexity index is 645. The van der Waals surface area contributed by atoms with Gasteiger partial charge in [0, 0.05) is 6.42 Å². The van der Waals surface area contributed by atoms with Crippen molar-refractivity contribution in [2.75, 3.05) is 0 Å². The van der Waals surface area contributed by atoms with Crippen LogP contribution in [0.25, 0.3) is 0 Å². The van der Waals surface area contributed by atoms with Gasteiger partial charge >= 0.3 is 0 Å². The van der Waals surface area contributed by atoms with E-state index in [1.165, 1.54) is 12.1 Å². The van der Waals surface area contributed by atoms with Gasteiger partial charge in [-0.3, -0.25) is 0 Å². The van der Waals surface area contributed by atoms with E-state index >= 15 is 0 Å². The lowest BCUT2D eigenvalue weighted by atomic mass is 10.0. The normalized spacial score (nSPS) is 12.5. The van der Waals surface area contributed by atoms with Crippen molar-refractivity contribution in [3.05, 3.63) is 69.2 Å². The van der Waals surface area contributed by atoms with Crippen LogP contribution in [0.2, 0.25) is 0 Å².